The lowest BCUT2D eigenvalue weighted by Gasteiger charge is -2.19. The molecule has 1 N–H and O–H groups in total. The minimum absolute atomic E-state index is 0.0322. The summed E-state index contributed by atoms with van der Waals surface area (Å²) >= 11 is 2.30. The number of alkyl carbamates (subject to hydrolysis) is 1. The van der Waals surface area contributed by atoms with Crippen molar-refractivity contribution >= 4 is 28.7 Å². The van der Waals surface area contributed by atoms with Crippen LogP contribution in [0.1, 0.15) is 22.8 Å². The van der Waals surface area contributed by atoms with Gasteiger partial charge in [-0.3, -0.25) is 0 Å². The van der Waals surface area contributed by atoms with Crippen molar-refractivity contribution in [2.45, 2.75) is 25.5 Å². The maximum absolute atomic E-state index is 11.7. The van der Waals surface area contributed by atoms with Gasteiger partial charge in [0.25, 0.3) is 0 Å². The number of carbonyl (C=O) groups excluding carboxylic acids is 1. The number of rotatable bonds is 3. The Morgan fingerprint density at radius 2 is 1.95 bits per heavy atom. The van der Waals surface area contributed by atoms with E-state index in [4.69, 9.17) is 4.74 Å². The summed E-state index contributed by atoms with van der Waals surface area (Å²) < 4.78 is 6.64. The first-order valence-corrected chi connectivity index (χ1v) is 7.98. The summed E-state index contributed by atoms with van der Waals surface area (Å²) in [5.74, 6) is 0. The third kappa shape index (κ3) is 3.20. The Kier molecular flexibility index (Phi) is 4.14. The van der Waals surface area contributed by atoms with Crippen LogP contribution in [0.5, 0.6) is 0 Å². The summed E-state index contributed by atoms with van der Waals surface area (Å²) in [6, 6.07) is 16.4. The van der Waals surface area contributed by atoms with Gasteiger partial charge >= 0.3 is 6.09 Å². The minimum Gasteiger partial charge on any atom is -0.439 e. The third-order valence-corrected chi connectivity index (χ3v) is 4.64. The fraction of sp³-hybridized carbons (Fsp3) is 0.235. The van der Waals surface area contributed by atoms with E-state index in [-0.39, 0.29) is 18.2 Å². The fourth-order valence-electron chi connectivity index (χ4n) is 2.65. The Hall–Kier alpha value is -1.56. The van der Waals surface area contributed by atoms with Gasteiger partial charge in [0.2, 0.25) is 0 Å². The minimum atomic E-state index is -0.335. The van der Waals surface area contributed by atoms with Crippen LogP contribution in [0.3, 0.4) is 0 Å². The summed E-state index contributed by atoms with van der Waals surface area (Å²) in [6.07, 6.45) is 0.198. The number of amides is 1. The van der Waals surface area contributed by atoms with Crippen molar-refractivity contribution in [2.24, 2.45) is 0 Å². The van der Waals surface area contributed by atoms with Crippen molar-refractivity contribution in [2.75, 3.05) is 0 Å². The zero-order valence-corrected chi connectivity index (χ0v) is 13.8. The van der Waals surface area contributed by atoms with E-state index in [1.165, 1.54) is 11.1 Å². The SMILES string of the molecule is Cc1ccc(I)c(C2OC(=O)N[C@@H]2Cc2ccccc2)c1. The monoisotopic (exact) mass is 393 g/mol. The maximum atomic E-state index is 11.7. The van der Waals surface area contributed by atoms with E-state index >= 15 is 0 Å². The summed E-state index contributed by atoms with van der Waals surface area (Å²) in [5.41, 5.74) is 3.45. The summed E-state index contributed by atoms with van der Waals surface area (Å²) in [4.78, 5) is 11.7. The standard InChI is InChI=1S/C17H16INO2/c1-11-7-8-14(18)13(9-11)16-15(19-17(20)21-16)10-12-5-3-2-4-6-12/h2-9,15-16H,10H2,1H3,(H,19,20)/t15-,16?/m1/s1. The van der Waals surface area contributed by atoms with Gasteiger partial charge in [0, 0.05) is 9.13 Å². The molecule has 0 aliphatic carbocycles. The van der Waals surface area contributed by atoms with E-state index in [1.54, 1.807) is 0 Å². The van der Waals surface area contributed by atoms with E-state index < -0.39 is 0 Å². The molecule has 1 aliphatic rings. The van der Waals surface area contributed by atoms with Gasteiger partial charge in [-0.1, -0.05) is 48.0 Å². The molecule has 1 heterocycles. The second kappa shape index (κ2) is 6.05. The number of hydrogen-bond donors (Lipinski definition) is 1. The van der Waals surface area contributed by atoms with Gasteiger partial charge < -0.3 is 10.1 Å². The smallest absolute Gasteiger partial charge is 0.408 e. The zero-order valence-electron chi connectivity index (χ0n) is 11.7. The molecule has 21 heavy (non-hydrogen) atoms. The molecule has 0 saturated carbocycles. The second-order valence-corrected chi connectivity index (χ2v) is 6.45. The lowest BCUT2D eigenvalue weighted by Crippen LogP contribution is -2.30. The van der Waals surface area contributed by atoms with Crippen LogP contribution < -0.4 is 5.32 Å². The van der Waals surface area contributed by atoms with Gasteiger partial charge in [-0.25, -0.2) is 4.79 Å². The van der Waals surface area contributed by atoms with Crippen molar-refractivity contribution in [1.82, 2.24) is 5.32 Å². The van der Waals surface area contributed by atoms with Crippen molar-refractivity contribution in [3.8, 4) is 0 Å². The Morgan fingerprint density at radius 1 is 1.19 bits per heavy atom. The highest BCUT2D eigenvalue weighted by molar-refractivity contribution is 14.1. The third-order valence-electron chi connectivity index (χ3n) is 3.66. The second-order valence-electron chi connectivity index (χ2n) is 5.29. The Morgan fingerprint density at radius 3 is 2.71 bits per heavy atom. The molecule has 2 aromatic rings. The molecule has 1 saturated heterocycles. The van der Waals surface area contributed by atoms with Crippen LogP contribution in [-0.4, -0.2) is 12.1 Å². The first kappa shape index (κ1) is 14.4. The Labute approximate surface area is 137 Å². The topological polar surface area (TPSA) is 38.3 Å². The molecule has 1 fully saturated rings. The molecule has 3 nitrogen and oxygen atoms in total. The lowest BCUT2D eigenvalue weighted by atomic mass is 9.96. The number of hydrogen-bond acceptors (Lipinski definition) is 2. The van der Waals surface area contributed by atoms with E-state index in [1.807, 2.05) is 18.2 Å². The molecular weight excluding hydrogens is 377 g/mol. The van der Waals surface area contributed by atoms with Gasteiger partial charge in [0.1, 0.15) is 0 Å². The first-order valence-electron chi connectivity index (χ1n) is 6.90. The van der Waals surface area contributed by atoms with Crippen molar-refractivity contribution in [3.63, 3.8) is 0 Å². The number of halogens is 1. The molecule has 0 aromatic heterocycles. The molecule has 0 bridgehead atoms. The number of carbonyl (C=O) groups is 1. The Balaban J connectivity index is 1.89. The average molecular weight is 393 g/mol. The number of benzene rings is 2. The number of cyclic esters (lactones) is 1. The van der Waals surface area contributed by atoms with Crippen LogP contribution in [0.25, 0.3) is 0 Å². The summed E-state index contributed by atoms with van der Waals surface area (Å²) in [5, 5.41) is 2.93. The van der Waals surface area contributed by atoms with E-state index in [0.29, 0.717) is 0 Å². The predicted molar refractivity (Wildman–Crippen MR) is 90.2 cm³/mol. The highest BCUT2D eigenvalue weighted by atomic mass is 127. The van der Waals surface area contributed by atoms with Crippen molar-refractivity contribution in [1.29, 1.82) is 0 Å². The van der Waals surface area contributed by atoms with E-state index in [2.05, 4.69) is 65.2 Å². The lowest BCUT2D eigenvalue weighted by molar-refractivity contribution is 0.131. The molecule has 4 heteroatoms. The molecule has 1 amide bonds. The van der Waals surface area contributed by atoms with Crippen molar-refractivity contribution < 1.29 is 9.53 Å². The van der Waals surface area contributed by atoms with Crippen LogP contribution in [0.2, 0.25) is 0 Å². The molecule has 0 radical (unpaired) electrons. The highest BCUT2D eigenvalue weighted by Crippen LogP contribution is 2.32. The summed E-state index contributed by atoms with van der Waals surface area (Å²) in [7, 11) is 0. The molecular formula is C17H16INO2. The Bertz CT molecular complexity index is 657. The average Bonchev–Trinajstić information content (AvgIpc) is 2.83. The van der Waals surface area contributed by atoms with E-state index in [9.17, 15) is 4.79 Å². The zero-order chi connectivity index (χ0) is 14.8. The van der Waals surface area contributed by atoms with Gasteiger partial charge in [-0.05, 0) is 47.6 Å². The normalized spacial score (nSPS) is 21.0. The molecule has 1 aliphatic heterocycles. The van der Waals surface area contributed by atoms with Crippen LogP contribution >= 0.6 is 22.6 Å². The van der Waals surface area contributed by atoms with Gasteiger partial charge in [-0.2, -0.15) is 0 Å². The van der Waals surface area contributed by atoms with Crippen LogP contribution in [0, 0.1) is 10.5 Å². The quantitative estimate of drug-likeness (QED) is 0.801. The van der Waals surface area contributed by atoms with Gasteiger partial charge in [0.05, 0.1) is 6.04 Å². The highest BCUT2D eigenvalue weighted by Gasteiger charge is 2.36. The molecule has 1 unspecified atom stereocenters. The van der Waals surface area contributed by atoms with Gasteiger partial charge in [-0.15, -0.1) is 0 Å². The molecule has 2 aromatic carbocycles. The molecule has 0 spiro atoms. The first-order chi connectivity index (χ1) is 10.1. The molecule has 2 atom stereocenters. The molecule has 108 valence electrons. The van der Waals surface area contributed by atoms with Crippen LogP contribution in [0.15, 0.2) is 48.5 Å². The summed E-state index contributed by atoms with van der Waals surface area (Å²) in [6.45, 7) is 2.05. The molecule has 3 rings (SSSR count). The van der Waals surface area contributed by atoms with Crippen molar-refractivity contribution in [3.05, 3.63) is 68.8 Å². The van der Waals surface area contributed by atoms with Gasteiger partial charge in [0.15, 0.2) is 6.10 Å². The van der Waals surface area contributed by atoms with E-state index in [0.717, 1.165) is 15.6 Å². The van der Waals surface area contributed by atoms with Crippen LogP contribution in [0.4, 0.5) is 4.79 Å². The number of aryl methyl sites for hydroxylation is 1. The van der Waals surface area contributed by atoms with Crippen LogP contribution in [-0.2, 0) is 11.2 Å². The largest absolute Gasteiger partial charge is 0.439 e. The maximum Gasteiger partial charge on any atom is 0.408 e. The number of nitrogens with one attached hydrogen (secondary N) is 1. The number of ether oxygens (including phenoxy) is 1. The fourth-order valence-corrected chi connectivity index (χ4v) is 3.29. The predicted octanol–water partition coefficient (Wildman–Crippen LogP) is 3.99.